The Morgan fingerprint density at radius 3 is 2.04 bits per heavy atom. The van der Waals surface area contributed by atoms with E-state index in [2.05, 4.69) is 85.3 Å². The molecule has 5 heteroatoms. The molecule has 0 fully saturated rings. The van der Waals surface area contributed by atoms with Crippen LogP contribution < -0.4 is 0 Å². The molecule has 0 atom stereocenters. The fourth-order valence-corrected chi connectivity index (χ4v) is 3.97. The van der Waals surface area contributed by atoms with Crippen LogP contribution in [0.4, 0.5) is 0 Å². The van der Waals surface area contributed by atoms with E-state index in [9.17, 15) is 0 Å². The van der Waals surface area contributed by atoms with Gasteiger partial charge >= 0.3 is 0 Å². The third-order valence-electron chi connectivity index (χ3n) is 5.27. The van der Waals surface area contributed by atoms with E-state index in [1.54, 1.807) is 6.20 Å². The van der Waals surface area contributed by atoms with Crippen molar-refractivity contribution >= 4 is 0 Å². The Kier molecular flexibility index (Phi) is 4.43. The summed E-state index contributed by atoms with van der Waals surface area (Å²) in [6.45, 7) is 2.54. The van der Waals surface area contributed by atoms with E-state index in [0.717, 1.165) is 37.0 Å². The summed E-state index contributed by atoms with van der Waals surface area (Å²) in [6.07, 6.45) is 1.80. The summed E-state index contributed by atoms with van der Waals surface area (Å²) in [5.74, 6) is 1.84. The molecule has 0 aliphatic carbocycles. The number of nitrogens with zero attached hydrogens (tertiary/aromatic N) is 5. The Morgan fingerprint density at radius 1 is 0.714 bits per heavy atom. The van der Waals surface area contributed by atoms with Gasteiger partial charge in [0.1, 0.15) is 11.5 Å². The van der Waals surface area contributed by atoms with Crippen LogP contribution >= 0.6 is 0 Å². The molecule has 2 aromatic heterocycles. The van der Waals surface area contributed by atoms with Crippen LogP contribution in [0.15, 0.2) is 85.1 Å². The Hall–Kier alpha value is -3.31. The van der Waals surface area contributed by atoms with Crippen molar-refractivity contribution in [2.45, 2.75) is 19.1 Å². The highest BCUT2D eigenvalue weighted by Crippen LogP contribution is 2.32. The van der Waals surface area contributed by atoms with Gasteiger partial charge in [-0.05, 0) is 23.3 Å². The quantitative estimate of drug-likeness (QED) is 0.548. The first-order chi connectivity index (χ1) is 13.9. The van der Waals surface area contributed by atoms with Crippen molar-refractivity contribution in [1.82, 2.24) is 24.6 Å². The standard InChI is InChI=1S/C23H21N5/c1-3-9-18(10-4-1)22(19-11-5-2-6-12-19)27-15-16-28-21(17-27)25-26-23(28)20-13-7-8-14-24-20/h1-14,22H,15-17H2. The van der Waals surface area contributed by atoms with Crippen molar-refractivity contribution in [3.8, 4) is 11.5 Å². The Labute approximate surface area is 164 Å². The molecular weight excluding hydrogens is 346 g/mol. The molecule has 0 saturated carbocycles. The first-order valence-corrected chi connectivity index (χ1v) is 9.57. The van der Waals surface area contributed by atoms with Gasteiger partial charge in [0, 0.05) is 19.3 Å². The van der Waals surface area contributed by atoms with Crippen LogP contribution in [0.2, 0.25) is 0 Å². The molecule has 2 aromatic carbocycles. The minimum atomic E-state index is 0.200. The molecule has 1 aliphatic rings. The molecule has 0 amide bonds. The van der Waals surface area contributed by atoms with Gasteiger partial charge in [0.2, 0.25) is 0 Å². The number of rotatable bonds is 4. The second-order valence-electron chi connectivity index (χ2n) is 7.00. The van der Waals surface area contributed by atoms with Crippen molar-refractivity contribution < 1.29 is 0 Å². The second kappa shape index (κ2) is 7.37. The number of aromatic nitrogens is 4. The fraction of sp³-hybridized carbons (Fsp3) is 0.174. The van der Waals surface area contributed by atoms with Gasteiger partial charge in [-0.3, -0.25) is 9.88 Å². The maximum absolute atomic E-state index is 4.48. The zero-order valence-electron chi connectivity index (χ0n) is 15.5. The van der Waals surface area contributed by atoms with Crippen molar-refractivity contribution in [1.29, 1.82) is 0 Å². The van der Waals surface area contributed by atoms with Crippen LogP contribution in [0.25, 0.3) is 11.5 Å². The maximum Gasteiger partial charge on any atom is 0.182 e. The molecule has 0 saturated heterocycles. The zero-order valence-corrected chi connectivity index (χ0v) is 15.5. The van der Waals surface area contributed by atoms with E-state index in [0.29, 0.717) is 0 Å². The highest BCUT2D eigenvalue weighted by atomic mass is 15.3. The topological polar surface area (TPSA) is 46.8 Å². The molecule has 1 aliphatic heterocycles. The molecule has 28 heavy (non-hydrogen) atoms. The van der Waals surface area contributed by atoms with Gasteiger partial charge in [-0.2, -0.15) is 0 Å². The van der Waals surface area contributed by atoms with Gasteiger partial charge in [-0.25, -0.2) is 0 Å². The number of fused-ring (bicyclic) bond motifs is 1. The maximum atomic E-state index is 4.48. The summed E-state index contributed by atoms with van der Waals surface area (Å²) in [5, 5.41) is 8.92. The summed E-state index contributed by atoms with van der Waals surface area (Å²) in [6, 6.07) is 27.5. The lowest BCUT2D eigenvalue weighted by Gasteiger charge is -2.35. The molecular formula is C23H21N5. The van der Waals surface area contributed by atoms with Crippen LogP contribution in [0.3, 0.4) is 0 Å². The van der Waals surface area contributed by atoms with Gasteiger partial charge in [0.15, 0.2) is 5.82 Å². The van der Waals surface area contributed by atoms with Crippen molar-refractivity contribution in [2.75, 3.05) is 6.54 Å². The minimum Gasteiger partial charge on any atom is -0.307 e. The highest BCUT2D eigenvalue weighted by Gasteiger charge is 2.29. The number of benzene rings is 2. The van der Waals surface area contributed by atoms with E-state index in [1.807, 2.05) is 18.2 Å². The first-order valence-electron chi connectivity index (χ1n) is 9.57. The van der Waals surface area contributed by atoms with Crippen LogP contribution in [0, 0.1) is 0 Å². The third-order valence-corrected chi connectivity index (χ3v) is 5.27. The predicted molar refractivity (Wildman–Crippen MR) is 108 cm³/mol. The van der Waals surface area contributed by atoms with Crippen LogP contribution in [0.5, 0.6) is 0 Å². The van der Waals surface area contributed by atoms with E-state index < -0.39 is 0 Å². The highest BCUT2D eigenvalue weighted by molar-refractivity contribution is 5.49. The average molecular weight is 367 g/mol. The molecule has 0 spiro atoms. The monoisotopic (exact) mass is 367 g/mol. The Bertz CT molecular complexity index is 1000. The van der Waals surface area contributed by atoms with Crippen LogP contribution in [0.1, 0.15) is 23.0 Å². The molecule has 0 unspecified atom stereocenters. The number of pyridine rings is 1. The molecule has 138 valence electrons. The first kappa shape index (κ1) is 16.8. The number of hydrogen-bond donors (Lipinski definition) is 0. The summed E-state index contributed by atoms with van der Waals surface area (Å²) >= 11 is 0. The van der Waals surface area contributed by atoms with Crippen LogP contribution in [-0.2, 0) is 13.1 Å². The van der Waals surface area contributed by atoms with Crippen molar-refractivity contribution in [3.05, 3.63) is 102 Å². The number of hydrogen-bond acceptors (Lipinski definition) is 4. The molecule has 5 rings (SSSR count). The minimum absolute atomic E-state index is 0.200. The fourth-order valence-electron chi connectivity index (χ4n) is 3.97. The normalized spacial score (nSPS) is 14.2. The van der Waals surface area contributed by atoms with E-state index in [-0.39, 0.29) is 6.04 Å². The van der Waals surface area contributed by atoms with Gasteiger partial charge in [0.25, 0.3) is 0 Å². The van der Waals surface area contributed by atoms with Gasteiger partial charge in [-0.1, -0.05) is 66.7 Å². The Morgan fingerprint density at radius 2 is 1.39 bits per heavy atom. The third kappa shape index (κ3) is 3.10. The molecule has 5 nitrogen and oxygen atoms in total. The van der Waals surface area contributed by atoms with E-state index in [4.69, 9.17) is 0 Å². The van der Waals surface area contributed by atoms with Gasteiger partial charge in [0.05, 0.1) is 12.6 Å². The average Bonchev–Trinajstić information content (AvgIpc) is 3.19. The smallest absolute Gasteiger partial charge is 0.182 e. The lowest BCUT2D eigenvalue weighted by molar-refractivity contribution is 0.176. The summed E-state index contributed by atoms with van der Waals surface area (Å²) in [5.41, 5.74) is 3.47. The van der Waals surface area contributed by atoms with Gasteiger partial charge in [-0.15, -0.1) is 10.2 Å². The summed E-state index contributed by atoms with van der Waals surface area (Å²) < 4.78 is 2.20. The second-order valence-corrected chi connectivity index (χ2v) is 7.00. The predicted octanol–water partition coefficient (Wildman–Crippen LogP) is 3.95. The largest absolute Gasteiger partial charge is 0.307 e. The van der Waals surface area contributed by atoms with Crippen molar-refractivity contribution in [2.24, 2.45) is 0 Å². The Balaban J connectivity index is 1.49. The van der Waals surface area contributed by atoms with E-state index in [1.165, 1.54) is 11.1 Å². The summed E-state index contributed by atoms with van der Waals surface area (Å²) in [4.78, 5) is 6.92. The van der Waals surface area contributed by atoms with Crippen LogP contribution in [-0.4, -0.2) is 31.2 Å². The molecule has 0 bridgehead atoms. The lowest BCUT2D eigenvalue weighted by atomic mass is 9.96. The molecule has 0 radical (unpaired) electrons. The lowest BCUT2D eigenvalue weighted by Crippen LogP contribution is -2.37. The SMILES string of the molecule is c1ccc(C(c2ccccc2)N2CCn3c(nnc3-c3ccccn3)C2)cc1. The zero-order chi connectivity index (χ0) is 18.8. The van der Waals surface area contributed by atoms with Crippen molar-refractivity contribution in [3.63, 3.8) is 0 Å². The summed E-state index contributed by atoms with van der Waals surface area (Å²) in [7, 11) is 0. The molecule has 3 heterocycles. The molecule has 4 aromatic rings. The van der Waals surface area contributed by atoms with Gasteiger partial charge < -0.3 is 4.57 Å². The molecule has 0 N–H and O–H groups in total. The van der Waals surface area contributed by atoms with E-state index >= 15 is 0 Å².